The minimum absolute atomic E-state index is 0.524. The van der Waals surface area contributed by atoms with Crippen LogP contribution in [0.2, 0.25) is 0 Å². The van der Waals surface area contributed by atoms with Gasteiger partial charge in [0, 0.05) is 12.1 Å². The number of carbonyl (C=O) groups excluding carboxylic acids is 1. The second kappa shape index (κ2) is 5.96. The first-order chi connectivity index (χ1) is 10.4. The number of tetrazole rings is 1. The van der Waals surface area contributed by atoms with Crippen LogP contribution in [0.25, 0.3) is 22.5 Å². The van der Waals surface area contributed by atoms with Crippen LogP contribution in [0.3, 0.4) is 0 Å². The molecule has 0 aliphatic carbocycles. The lowest BCUT2D eigenvalue weighted by Crippen LogP contribution is -2.09. The van der Waals surface area contributed by atoms with Crippen molar-refractivity contribution >= 4 is 6.41 Å². The fraction of sp³-hybridized carbons (Fsp3) is 0.0667. The quantitative estimate of drug-likeness (QED) is 0.697. The molecule has 0 unspecified atom stereocenters. The van der Waals surface area contributed by atoms with E-state index >= 15 is 0 Å². The van der Waals surface area contributed by atoms with Gasteiger partial charge in [-0.05, 0) is 21.9 Å². The van der Waals surface area contributed by atoms with E-state index in [1.54, 1.807) is 0 Å². The van der Waals surface area contributed by atoms with Gasteiger partial charge in [-0.3, -0.25) is 4.79 Å². The molecule has 21 heavy (non-hydrogen) atoms. The van der Waals surface area contributed by atoms with Crippen molar-refractivity contribution in [3.8, 4) is 22.5 Å². The number of nitrogens with zero attached hydrogens (tertiary/aromatic N) is 3. The van der Waals surface area contributed by atoms with Crippen LogP contribution >= 0.6 is 0 Å². The molecule has 0 bridgehead atoms. The standard InChI is InChI=1S/C15H13N5O/c21-10-16-9-11-5-7-12(8-6-11)13-3-1-2-4-14(13)15-17-19-20-18-15/h1-8,10H,9H2,(H,16,21)(H,17,18,19,20). The second-order valence-corrected chi connectivity index (χ2v) is 4.48. The number of aromatic amines is 1. The summed E-state index contributed by atoms with van der Waals surface area (Å²) in [6.07, 6.45) is 0.694. The van der Waals surface area contributed by atoms with E-state index in [1.165, 1.54) is 0 Å². The van der Waals surface area contributed by atoms with E-state index in [-0.39, 0.29) is 0 Å². The molecule has 3 aromatic rings. The van der Waals surface area contributed by atoms with Crippen LogP contribution in [-0.4, -0.2) is 27.0 Å². The summed E-state index contributed by atoms with van der Waals surface area (Å²) in [4.78, 5) is 10.3. The van der Waals surface area contributed by atoms with Crippen LogP contribution in [-0.2, 0) is 11.3 Å². The maximum atomic E-state index is 10.3. The number of amides is 1. The van der Waals surface area contributed by atoms with Gasteiger partial charge in [-0.15, -0.1) is 10.2 Å². The van der Waals surface area contributed by atoms with Gasteiger partial charge >= 0.3 is 0 Å². The summed E-state index contributed by atoms with van der Waals surface area (Å²) in [6.45, 7) is 0.524. The smallest absolute Gasteiger partial charge is 0.207 e. The van der Waals surface area contributed by atoms with Gasteiger partial charge in [0.05, 0.1) is 0 Å². The highest BCUT2D eigenvalue weighted by atomic mass is 16.1. The summed E-state index contributed by atoms with van der Waals surface area (Å²) in [6, 6.07) is 15.9. The third-order valence-corrected chi connectivity index (χ3v) is 3.17. The van der Waals surface area contributed by atoms with Gasteiger partial charge in [0.15, 0.2) is 0 Å². The van der Waals surface area contributed by atoms with Gasteiger partial charge in [0.1, 0.15) is 0 Å². The molecule has 0 aliphatic rings. The fourth-order valence-electron chi connectivity index (χ4n) is 2.17. The van der Waals surface area contributed by atoms with Crippen molar-refractivity contribution in [1.82, 2.24) is 25.9 Å². The number of benzene rings is 2. The first-order valence-corrected chi connectivity index (χ1v) is 6.47. The van der Waals surface area contributed by atoms with Gasteiger partial charge in [-0.1, -0.05) is 48.5 Å². The number of hydrogen-bond acceptors (Lipinski definition) is 4. The Morgan fingerprint density at radius 1 is 1.05 bits per heavy atom. The predicted octanol–water partition coefficient (Wildman–Crippen LogP) is 1.78. The number of hydrogen-bond donors (Lipinski definition) is 2. The largest absolute Gasteiger partial charge is 0.355 e. The summed E-state index contributed by atoms with van der Waals surface area (Å²) < 4.78 is 0. The molecule has 2 N–H and O–H groups in total. The molecular formula is C15H13N5O. The third kappa shape index (κ3) is 2.79. The minimum Gasteiger partial charge on any atom is -0.355 e. The van der Waals surface area contributed by atoms with E-state index in [9.17, 15) is 4.79 Å². The number of aromatic nitrogens is 4. The van der Waals surface area contributed by atoms with Crippen molar-refractivity contribution in [2.45, 2.75) is 6.54 Å². The monoisotopic (exact) mass is 279 g/mol. The van der Waals surface area contributed by atoms with E-state index in [1.807, 2.05) is 48.5 Å². The maximum absolute atomic E-state index is 10.3. The number of carbonyl (C=O) groups is 1. The molecule has 2 aromatic carbocycles. The van der Waals surface area contributed by atoms with E-state index < -0.39 is 0 Å². The number of rotatable bonds is 5. The minimum atomic E-state index is 0.524. The topological polar surface area (TPSA) is 83.6 Å². The Kier molecular flexibility index (Phi) is 3.68. The van der Waals surface area contributed by atoms with Crippen molar-refractivity contribution in [2.24, 2.45) is 0 Å². The molecule has 1 heterocycles. The highest BCUT2D eigenvalue weighted by Crippen LogP contribution is 2.29. The lowest BCUT2D eigenvalue weighted by atomic mass is 9.98. The predicted molar refractivity (Wildman–Crippen MR) is 78.0 cm³/mol. The van der Waals surface area contributed by atoms with E-state index in [4.69, 9.17) is 0 Å². The molecule has 1 aromatic heterocycles. The SMILES string of the molecule is O=CNCc1ccc(-c2ccccc2-c2nn[nH]n2)cc1. The molecule has 0 saturated heterocycles. The van der Waals surface area contributed by atoms with E-state index in [0.717, 1.165) is 22.3 Å². The van der Waals surface area contributed by atoms with Crippen molar-refractivity contribution in [3.63, 3.8) is 0 Å². The first kappa shape index (κ1) is 13.0. The van der Waals surface area contributed by atoms with Crippen molar-refractivity contribution in [3.05, 3.63) is 54.1 Å². The summed E-state index contributed by atoms with van der Waals surface area (Å²) >= 11 is 0. The summed E-state index contributed by atoms with van der Waals surface area (Å²) in [7, 11) is 0. The Bertz CT molecular complexity index is 722. The number of nitrogens with one attached hydrogen (secondary N) is 2. The molecule has 6 heteroatoms. The van der Waals surface area contributed by atoms with E-state index in [2.05, 4.69) is 25.9 Å². The zero-order valence-electron chi connectivity index (χ0n) is 11.2. The van der Waals surface area contributed by atoms with Crippen molar-refractivity contribution in [2.75, 3.05) is 0 Å². The zero-order valence-corrected chi connectivity index (χ0v) is 11.2. The molecule has 0 aliphatic heterocycles. The Morgan fingerprint density at radius 3 is 2.48 bits per heavy atom. The molecule has 0 saturated carbocycles. The van der Waals surface area contributed by atoms with Crippen LogP contribution in [0.5, 0.6) is 0 Å². The summed E-state index contributed by atoms with van der Waals surface area (Å²) in [5.74, 6) is 0.567. The van der Waals surface area contributed by atoms with Gasteiger partial charge in [-0.25, -0.2) is 0 Å². The third-order valence-electron chi connectivity index (χ3n) is 3.17. The molecule has 104 valence electrons. The Balaban J connectivity index is 1.95. The molecular weight excluding hydrogens is 266 g/mol. The van der Waals surface area contributed by atoms with Crippen LogP contribution in [0.4, 0.5) is 0 Å². The molecule has 6 nitrogen and oxygen atoms in total. The van der Waals surface area contributed by atoms with Crippen LogP contribution in [0, 0.1) is 0 Å². The average Bonchev–Trinajstić information content (AvgIpc) is 3.08. The van der Waals surface area contributed by atoms with Gasteiger partial charge < -0.3 is 5.32 Å². The van der Waals surface area contributed by atoms with Gasteiger partial charge in [-0.2, -0.15) is 5.21 Å². The van der Waals surface area contributed by atoms with Gasteiger partial charge in [0.2, 0.25) is 12.2 Å². The Hall–Kier alpha value is -3.02. The average molecular weight is 279 g/mol. The first-order valence-electron chi connectivity index (χ1n) is 6.47. The highest BCUT2D eigenvalue weighted by molar-refractivity contribution is 5.80. The van der Waals surface area contributed by atoms with Gasteiger partial charge in [0.25, 0.3) is 0 Å². The van der Waals surface area contributed by atoms with Crippen LogP contribution < -0.4 is 5.32 Å². The summed E-state index contributed by atoms with van der Waals surface area (Å²) in [5.41, 5.74) is 4.06. The van der Waals surface area contributed by atoms with Crippen molar-refractivity contribution < 1.29 is 4.79 Å². The lowest BCUT2D eigenvalue weighted by molar-refractivity contribution is -0.109. The maximum Gasteiger partial charge on any atom is 0.207 e. The van der Waals surface area contributed by atoms with Crippen molar-refractivity contribution in [1.29, 1.82) is 0 Å². The van der Waals surface area contributed by atoms with E-state index in [0.29, 0.717) is 18.8 Å². The fourth-order valence-corrected chi connectivity index (χ4v) is 2.17. The molecule has 3 rings (SSSR count). The summed E-state index contributed by atoms with van der Waals surface area (Å²) in [5, 5.41) is 16.8. The highest BCUT2D eigenvalue weighted by Gasteiger charge is 2.10. The zero-order chi connectivity index (χ0) is 14.5. The second-order valence-electron chi connectivity index (χ2n) is 4.48. The van der Waals surface area contributed by atoms with Crippen LogP contribution in [0.15, 0.2) is 48.5 Å². The Morgan fingerprint density at radius 2 is 1.81 bits per heavy atom. The Labute approximate surface area is 121 Å². The molecule has 0 spiro atoms. The molecule has 0 fully saturated rings. The lowest BCUT2D eigenvalue weighted by Gasteiger charge is -2.07. The molecule has 0 atom stereocenters. The normalized spacial score (nSPS) is 10.3. The van der Waals surface area contributed by atoms with Crippen LogP contribution in [0.1, 0.15) is 5.56 Å². The number of H-pyrrole nitrogens is 1. The molecule has 0 radical (unpaired) electrons. The molecule has 1 amide bonds.